The zero-order chi connectivity index (χ0) is 14.2. The third-order valence-corrected chi connectivity index (χ3v) is 2.48. The fraction of sp³-hybridized carbons (Fsp3) is 0.133. The van der Waals surface area contributed by atoms with Crippen LogP contribution in [0.2, 0.25) is 0 Å². The predicted molar refractivity (Wildman–Crippen MR) is 77.8 cm³/mol. The molecule has 0 bridgehead atoms. The molecule has 0 unspecified atom stereocenters. The standard InChI is InChI=1S/C15H14N4O/c1-2-8-16-11-14(20)19-13-9-17-15(18-10-13)12-6-4-3-5-7-12/h1,3-7,9-10,16H,8,11H2,(H,19,20). The lowest BCUT2D eigenvalue weighted by Gasteiger charge is -2.05. The van der Waals surface area contributed by atoms with Gasteiger partial charge >= 0.3 is 0 Å². The highest BCUT2D eigenvalue weighted by Crippen LogP contribution is 2.14. The second-order valence-corrected chi connectivity index (χ2v) is 4.02. The van der Waals surface area contributed by atoms with Crippen molar-refractivity contribution in [3.05, 3.63) is 42.7 Å². The Balaban J connectivity index is 1.95. The number of nitrogens with zero attached hydrogens (tertiary/aromatic N) is 2. The van der Waals surface area contributed by atoms with Gasteiger partial charge in [0.15, 0.2) is 5.82 Å². The predicted octanol–water partition coefficient (Wildman–Crippen LogP) is 1.30. The van der Waals surface area contributed by atoms with Crippen LogP contribution in [0.1, 0.15) is 0 Å². The number of benzene rings is 1. The van der Waals surface area contributed by atoms with E-state index >= 15 is 0 Å². The van der Waals surface area contributed by atoms with Gasteiger partial charge in [0, 0.05) is 5.56 Å². The van der Waals surface area contributed by atoms with Gasteiger partial charge < -0.3 is 5.32 Å². The molecule has 5 heteroatoms. The summed E-state index contributed by atoms with van der Waals surface area (Å²) in [7, 11) is 0. The summed E-state index contributed by atoms with van der Waals surface area (Å²) in [6, 6.07) is 9.63. The molecule has 0 atom stereocenters. The highest BCUT2D eigenvalue weighted by molar-refractivity contribution is 5.92. The van der Waals surface area contributed by atoms with Crippen LogP contribution in [0.25, 0.3) is 11.4 Å². The first-order chi connectivity index (χ1) is 9.79. The van der Waals surface area contributed by atoms with Gasteiger partial charge in [-0.25, -0.2) is 9.97 Å². The Labute approximate surface area is 117 Å². The van der Waals surface area contributed by atoms with Crippen LogP contribution in [-0.2, 0) is 4.79 Å². The topological polar surface area (TPSA) is 66.9 Å². The Morgan fingerprint density at radius 3 is 2.55 bits per heavy atom. The van der Waals surface area contributed by atoms with E-state index in [4.69, 9.17) is 6.42 Å². The molecule has 1 aromatic heterocycles. The maximum absolute atomic E-state index is 11.5. The first-order valence-corrected chi connectivity index (χ1v) is 6.11. The molecule has 2 rings (SSSR count). The summed E-state index contributed by atoms with van der Waals surface area (Å²) in [5, 5.41) is 5.49. The highest BCUT2D eigenvalue weighted by atomic mass is 16.1. The van der Waals surface area contributed by atoms with Crippen molar-refractivity contribution < 1.29 is 4.79 Å². The number of aromatic nitrogens is 2. The summed E-state index contributed by atoms with van der Waals surface area (Å²) in [6.45, 7) is 0.515. The van der Waals surface area contributed by atoms with E-state index in [0.29, 0.717) is 18.1 Å². The summed E-state index contributed by atoms with van der Waals surface area (Å²) in [6.07, 6.45) is 8.23. The van der Waals surface area contributed by atoms with Crippen molar-refractivity contribution in [1.29, 1.82) is 0 Å². The molecule has 0 saturated carbocycles. The van der Waals surface area contributed by atoms with Gasteiger partial charge in [0.25, 0.3) is 0 Å². The summed E-state index contributed by atoms with van der Waals surface area (Å²) in [4.78, 5) is 20.0. The lowest BCUT2D eigenvalue weighted by atomic mass is 10.2. The lowest BCUT2D eigenvalue weighted by molar-refractivity contribution is -0.115. The molecule has 5 nitrogen and oxygen atoms in total. The Morgan fingerprint density at radius 1 is 1.20 bits per heavy atom. The van der Waals surface area contributed by atoms with Crippen molar-refractivity contribution >= 4 is 11.6 Å². The normalized spacial score (nSPS) is 9.75. The van der Waals surface area contributed by atoms with E-state index in [2.05, 4.69) is 26.5 Å². The maximum atomic E-state index is 11.5. The minimum Gasteiger partial charge on any atom is -0.322 e. The van der Waals surface area contributed by atoms with Gasteiger partial charge in [-0.05, 0) is 0 Å². The second-order valence-electron chi connectivity index (χ2n) is 4.02. The molecule has 0 aliphatic carbocycles. The van der Waals surface area contributed by atoms with Crippen molar-refractivity contribution in [2.45, 2.75) is 0 Å². The van der Waals surface area contributed by atoms with Gasteiger partial charge in [0.1, 0.15) is 0 Å². The minimum absolute atomic E-state index is 0.157. The van der Waals surface area contributed by atoms with Crippen LogP contribution in [-0.4, -0.2) is 29.0 Å². The number of anilines is 1. The Morgan fingerprint density at radius 2 is 1.90 bits per heavy atom. The average molecular weight is 266 g/mol. The molecule has 0 aliphatic rings. The number of rotatable bonds is 5. The fourth-order valence-corrected chi connectivity index (χ4v) is 1.58. The van der Waals surface area contributed by atoms with Crippen molar-refractivity contribution in [3.8, 4) is 23.7 Å². The number of carbonyl (C=O) groups excluding carboxylic acids is 1. The highest BCUT2D eigenvalue weighted by Gasteiger charge is 2.04. The van der Waals surface area contributed by atoms with Crippen LogP contribution in [0.4, 0.5) is 5.69 Å². The Kier molecular flexibility index (Phi) is 4.81. The molecule has 0 fully saturated rings. The number of carbonyl (C=O) groups is 1. The van der Waals surface area contributed by atoms with E-state index < -0.39 is 0 Å². The van der Waals surface area contributed by atoms with Crippen LogP contribution in [0.3, 0.4) is 0 Å². The van der Waals surface area contributed by atoms with E-state index in [1.165, 1.54) is 0 Å². The quantitative estimate of drug-likeness (QED) is 0.632. The molecular weight excluding hydrogens is 252 g/mol. The zero-order valence-electron chi connectivity index (χ0n) is 10.8. The maximum Gasteiger partial charge on any atom is 0.238 e. The molecule has 1 aromatic carbocycles. The molecule has 0 saturated heterocycles. The molecule has 100 valence electrons. The van der Waals surface area contributed by atoms with E-state index in [-0.39, 0.29) is 12.5 Å². The average Bonchev–Trinajstić information content (AvgIpc) is 2.49. The monoisotopic (exact) mass is 266 g/mol. The molecule has 2 N–H and O–H groups in total. The number of amides is 1. The van der Waals surface area contributed by atoms with Crippen LogP contribution in [0.15, 0.2) is 42.7 Å². The first kappa shape index (κ1) is 13.7. The van der Waals surface area contributed by atoms with Gasteiger partial charge in [-0.2, -0.15) is 0 Å². The molecule has 0 aliphatic heterocycles. The third kappa shape index (κ3) is 3.90. The fourth-order valence-electron chi connectivity index (χ4n) is 1.58. The number of hydrogen-bond donors (Lipinski definition) is 2. The zero-order valence-corrected chi connectivity index (χ0v) is 10.8. The first-order valence-electron chi connectivity index (χ1n) is 6.11. The van der Waals surface area contributed by atoms with Crippen molar-refractivity contribution in [3.63, 3.8) is 0 Å². The molecule has 1 amide bonds. The van der Waals surface area contributed by atoms with Crippen molar-refractivity contribution in [2.75, 3.05) is 18.4 Å². The third-order valence-electron chi connectivity index (χ3n) is 2.48. The van der Waals surface area contributed by atoms with E-state index in [1.807, 2.05) is 30.3 Å². The molecule has 0 spiro atoms. The van der Waals surface area contributed by atoms with Gasteiger partial charge in [-0.1, -0.05) is 36.3 Å². The molecule has 20 heavy (non-hydrogen) atoms. The summed E-state index contributed by atoms with van der Waals surface area (Å²) in [5.41, 5.74) is 1.48. The molecule has 0 radical (unpaired) electrons. The van der Waals surface area contributed by atoms with Gasteiger partial charge in [0.05, 0.1) is 31.2 Å². The summed E-state index contributed by atoms with van der Waals surface area (Å²) >= 11 is 0. The van der Waals surface area contributed by atoms with Crippen LogP contribution >= 0.6 is 0 Å². The summed E-state index contributed by atoms with van der Waals surface area (Å²) in [5.74, 6) is 2.83. The Bertz CT molecular complexity index is 602. The van der Waals surface area contributed by atoms with E-state index in [1.54, 1.807) is 12.4 Å². The molecule has 1 heterocycles. The number of terminal acetylenes is 1. The van der Waals surface area contributed by atoms with Crippen LogP contribution in [0.5, 0.6) is 0 Å². The minimum atomic E-state index is -0.184. The van der Waals surface area contributed by atoms with E-state index in [0.717, 1.165) is 5.56 Å². The molecular formula is C15H14N4O. The van der Waals surface area contributed by atoms with Crippen LogP contribution < -0.4 is 10.6 Å². The van der Waals surface area contributed by atoms with Gasteiger partial charge in [-0.15, -0.1) is 6.42 Å². The van der Waals surface area contributed by atoms with Crippen molar-refractivity contribution in [2.24, 2.45) is 0 Å². The Hall–Kier alpha value is -2.71. The van der Waals surface area contributed by atoms with E-state index in [9.17, 15) is 4.79 Å². The van der Waals surface area contributed by atoms with Crippen molar-refractivity contribution in [1.82, 2.24) is 15.3 Å². The number of nitrogens with one attached hydrogen (secondary N) is 2. The lowest BCUT2D eigenvalue weighted by Crippen LogP contribution is -2.28. The van der Waals surface area contributed by atoms with Crippen LogP contribution in [0, 0.1) is 12.3 Å². The SMILES string of the molecule is C#CCNCC(=O)Nc1cnc(-c2ccccc2)nc1. The number of hydrogen-bond acceptors (Lipinski definition) is 4. The smallest absolute Gasteiger partial charge is 0.238 e. The molecule has 2 aromatic rings. The summed E-state index contributed by atoms with van der Waals surface area (Å²) < 4.78 is 0. The van der Waals surface area contributed by atoms with Gasteiger partial charge in [-0.3, -0.25) is 10.1 Å². The van der Waals surface area contributed by atoms with Gasteiger partial charge in [0.2, 0.25) is 5.91 Å². The second kappa shape index (κ2) is 7.02. The largest absolute Gasteiger partial charge is 0.322 e.